The molecular weight excluding hydrogens is 230 g/mol. The molecule has 0 unspecified atom stereocenters. The maximum atomic E-state index is 2.43. The number of rotatable bonds is 1. The Hall–Kier alpha value is -2.02. The number of hydrogen-bond donors (Lipinski definition) is 0. The molecule has 2 aliphatic carbocycles. The highest BCUT2D eigenvalue weighted by molar-refractivity contribution is 5.60. The van der Waals surface area contributed by atoms with Crippen molar-refractivity contribution in [1.82, 2.24) is 4.57 Å². The van der Waals surface area contributed by atoms with Crippen molar-refractivity contribution in [3.8, 4) is 5.69 Å². The van der Waals surface area contributed by atoms with Crippen LogP contribution in [0.25, 0.3) is 23.9 Å². The fraction of sp³-hybridized carbons (Fsp3) is 0.222. The summed E-state index contributed by atoms with van der Waals surface area (Å²) in [6, 6.07) is 10.7. The molecule has 0 radical (unpaired) electrons. The standard InChI is InChI=1S/C18H17N/c1-2-8-14(9-3-1)19-17-12-6-4-10-15(17)16-11-5-7-13-18(16)19/h1-3,6,8-9,11-13H,4-5,7,10H2. The average molecular weight is 247 g/mol. The van der Waals surface area contributed by atoms with Crippen molar-refractivity contribution >= 4 is 18.2 Å². The molecule has 0 spiro atoms. The van der Waals surface area contributed by atoms with E-state index in [2.05, 4.69) is 59.2 Å². The number of aromatic nitrogens is 1. The van der Waals surface area contributed by atoms with Crippen LogP contribution in [0.1, 0.15) is 30.5 Å². The number of hydrogen-bond acceptors (Lipinski definition) is 0. The van der Waals surface area contributed by atoms with E-state index in [9.17, 15) is 0 Å². The van der Waals surface area contributed by atoms with Crippen molar-refractivity contribution in [2.45, 2.75) is 25.7 Å². The van der Waals surface area contributed by atoms with Gasteiger partial charge < -0.3 is 4.57 Å². The fourth-order valence-electron chi connectivity index (χ4n) is 3.27. The second-order valence-corrected chi connectivity index (χ2v) is 5.26. The second-order valence-electron chi connectivity index (χ2n) is 5.26. The Morgan fingerprint density at radius 2 is 1.74 bits per heavy atom. The maximum Gasteiger partial charge on any atom is 0.0497 e. The van der Waals surface area contributed by atoms with Gasteiger partial charge >= 0.3 is 0 Å². The molecule has 0 N–H and O–H groups in total. The highest BCUT2D eigenvalue weighted by Crippen LogP contribution is 2.19. The first kappa shape index (κ1) is 10.9. The van der Waals surface area contributed by atoms with Gasteiger partial charge in [-0.05, 0) is 54.7 Å². The third-order valence-corrected chi connectivity index (χ3v) is 4.10. The largest absolute Gasteiger partial charge is 0.310 e. The Labute approximate surface area is 113 Å². The van der Waals surface area contributed by atoms with Gasteiger partial charge in [0.2, 0.25) is 0 Å². The summed E-state index contributed by atoms with van der Waals surface area (Å²) in [4.78, 5) is 0. The third-order valence-electron chi connectivity index (χ3n) is 4.10. The molecule has 1 aromatic heterocycles. The van der Waals surface area contributed by atoms with Crippen LogP contribution in [-0.2, 0) is 6.42 Å². The molecule has 0 saturated heterocycles. The highest BCUT2D eigenvalue weighted by Gasteiger charge is 2.16. The van der Waals surface area contributed by atoms with Crippen molar-refractivity contribution in [3.05, 3.63) is 58.2 Å². The van der Waals surface area contributed by atoms with Crippen LogP contribution in [0, 0.1) is 0 Å². The van der Waals surface area contributed by atoms with Gasteiger partial charge in [-0.15, -0.1) is 0 Å². The van der Waals surface area contributed by atoms with Crippen molar-refractivity contribution in [1.29, 1.82) is 0 Å². The van der Waals surface area contributed by atoms with E-state index < -0.39 is 0 Å². The van der Waals surface area contributed by atoms with Gasteiger partial charge in [0, 0.05) is 16.7 Å². The summed E-state index contributed by atoms with van der Waals surface area (Å²) in [7, 11) is 0. The minimum atomic E-state index is 1.16. The molecule has 94 valence electrons. The van der Waals surface area contributed by atoms with Gasteiger partial charge in [-0.3, -0.25) is 0 Å². The molecule has 0 bridgehead atoms. The molecular formula is C18H17N. The van der Waals surface area contributed by atoms with Crippen LogP contribution in [0.3, 0.4) is 0 Å². The Morgan fingerprint density at radius 3 is 2.63 bits per heavy atom. The zero-order chi connectivity index (χ0) is 12.7. The minimum absolute atomic E-state index is 1.16. The number of para-hydroxylation sites is 1. The van der Waals surface area contributed by atoms with Crippen LogP contribution in [-0.4, -0.2) is 4.57 Å². The van der Waals surface area contributed by atoms with E-state index in [1.54, 1.807) is 0 Å². The Kier molecular flexibility index (Phi) is 2.44. The van der Waals surface area contributed by atoms with Crippen molar-refractivity contribution in [2.75, 3.05) is 0 Å². The van der Waals surface area contributed by atoms with Gasteiger partial charge in [-0.2, -0.15) is 0 Å². The second kappa shape index (κ2) is 4.27. The predicted molar refractivity (Wildman–Crippen MR) is 80.5 cm³/mol. The van der Waals surface area contributed by atoms with Crippen molar-refractivity contribution in [3.63, 3.8) is 0 Å². The lowest BCUT2D eigenvalue weighted by atomic mass is 10.0. The number of benzene rings is 1. The summed E-state index contributed by atoms with van der Waals surface area (Å²) in [5.41, 5.74) is 4.20. The Morgan fingerprint density at radius 1 is 0.895 bits per heavy atom. The zero-order valence-corrected chi connectivity index (χ0v) is 11.0. The van der Waals surface area contributed by atoms with E-state index in [-0.39, 0.29) is 0 Å². The molecule has 19 heavy (non-hydrogen) atoms. The summed E-state index contributed by atoms with van der Waals surface area (Å²) in [5.74, 6) is 0. The first-order chi connectivity index (χ1) is 9.45. The average Bonchev–Trinajstić information content (AvgIpc) is 2.83. The summed E-state index contributed by atoms with van der Waals surface area (Å²) >= 11 is 0. The van der Waals surface area contributed by atoms with Crippen LogP contribution in [0.15, 0.2) is 36.4 Å². The normalized spacial score (nSPS) is 16.2. The predicted octanol–water partition coefficient (Wildman–Crippen LogP) is 2.79. The maximum absolute atomic E-state index is 2.43. The molecule has 2 aromatic rings. The van der Waals surface area contributed by atoms with Gasteiger partial charge in [0.1, 0.15) is 0 Å². The van der Waals surface area contributed by atoms with Crippen LogP contribution in [0.2, 0.25) is 0 Å². The zero-order valence-electron chi connectivity index (χ0n) is 11.0. The third kappa shape index (κ3) is 1.61. The lowest BCUT2D eigenvalue weighted by molar-refractivity contribution is 0.949. The molecule has 0 saturated carbocycles. The summed E-state index contributed by atoms with van der Waals surface area (Å²) in [6.07, 6.45) is 14.1. The van der Waals surface area contributed by atoms with Crippen LogP contribution >= 0.6 is 0 Å². The quantitative estimate of drug-likeness (QED) is 0.730. The highest BCUT2D eigenvalue weighted by atomic mass is 15.0. The molecule has 2 aliphatic rings. The smallest absolute Gasteiger partial charge is 0.0497 e. The molecule has 1 heteroatoms. The molecule has 1 nitrogen and oxygen atoms in total. The topological polar surface area (TPSA) is 4.93 Å². The summed E-state index contributed by atoms with van der Waals surface area (Å²) < 4.78 is 2.43. The summed E-state index contributed by atoms with van der Waals surface area (Å²) in [6.45, 7) is 0. The minimum Gasteiger partial charge on any atom is -0.310 e. The molecule has 0 amide bonds. The fourth-order valence-corrected chi connectivity index (χ4v) is 3.27. The van der Waals surface area contributed by atoms with Crippen molar-refractivity contribution in [2.24, 2.45) is 0 Å². The van der Waals surface area contributed by atoms with Gasteiger partial charge in [0.05, 0.1) is 0 Å². The van der Waals surface area contributed by atoms with Crippen molar-refractivity contribution < 1.29 is 0 Å². The van der Waals surface area contributed by atoms with Gasteiger partial charge in [-0.1, -0.05) is 36.4 Å². The molecule has 0 fully saturated rings. The Bertz CT molecular complexity index is 760. The van der Waals surface area contributed by atoms with E-state index in [4.69, 9.17) is 0 Å². The number of fused-ring (bicyclic) bond motifs is 3. The molecule has 1 heterocycles. The van der Waals surface area contributed by atoms with Gasteiger partial charge in [-0.25, -0.2) is 0 Å². The lowest BCUT2D eigenvalue weighted by Gasteiger charge is -2.11. The number of nitrogens with zero attached hydrogens (tertiary/aromatic N) is 1. The number of allylic oxidation sites excluding steroid dienone is 1. The van der Waals surface area contributed by atoms with E-state index in [1.807, 2.05) is 0 Å². The van der Waals surface area contributed by atoms with E-state index in [0.29, 0.717) is 0 Å². The monoisotopic (exact) mass is 247 g/mol. The van der Waals surface area contributed by atoms with Gasteiger partial charge in [0.25, 0.3) is 0 Å². The molecule has 1 aromatic carbocycles. The van der Waals surface area contributed by atoms with Crippen LogP contribution < -0.4 is 10.6 Å². The lowest BCUT2D eigenvalue weighted by Crippen LogP contribution is -2.31. The Balaban J connectivity index is 2.13. The van der Waals surface area contributed by atoms with Crippen LogP contribution in [0.4, 0.5) is 0 Å². The first-order valence-corrected chi connectivity index (χ1v) is 7.11. The summed E-state index contributed by atoms with van der Waals surface area (Å²) in [5, 5.41) is 2.88. The van der Waals surface area contributed by atoms with E-state index in [1.165, 1.54) is 46.8 Å². The van der Waals surface area contributed by atoms with Crippen LogP contribution in [0.5, 0.6) is 0 Å². The van der Waals surface area contributed by atoms with E-state index >= 15 is 0 Å². The SMILES string of the molecule is C1=Cc2c(c3c(n2-c2ccccc2)=CCCC=3)CC1. The van der Waals surface area contributed by atoms with Gasteiger partial charge in [0.15, 0.2) is 0 Å². The molecule has 4 rings (SSSR count). The molecule has 0 aliphatic heterocycles. The van der Waals surface area contributed by atoms with E-state index in [0.717, 1.165) is 6.42 Å². The first-order valence-electron chi connectivity index (χ1n) is 7.11. The molecule has 0 atom stereocenters.